The Kier molecular flexibility index (Phi) is 3.99. The van der Waals surface area contributed by atoms with Crippen LogP contribution in [-0.4, -0.2) is 18.0 Å². The summed E-state index contributed by atoms with van der Waals surface area (Å²) < 4.78 is 0.720. The van der Waals surface area contributed by atoms with E-state index in [1.807, 2.05) is 6.92 Å². The number of benzene rings is 1. The van der Waals surface area contributed by atoms with Crippen LogP contribution in [0.25, 0.3) is 0 Å². The van der Waals surface area contributed by atoms with E-state index in [0.717, 1.165) is 17.3 Å². The van der Waals surface area contributed by atoms with Gasteiger partial charge in [-0.1, -0.05) is 11.6 Å². The van der Waals surface area contributed by atoms with Crippen LogP contribution in [0.1, 0.15) is 30.1 Å². The molecule has 5 heteroatoms. The van der Waals surface area contributed by atoms with Crippen LogP contribution in [0.4, 0.5) is 0 Å². The van der Waals surface area contributed by atoms with E-state index in [1.54, 1.807) is 18.2 Å². The van der Waals surface area contributed by atoms with Crippen molar-refractivity contribution in [3.05, 3.63) is 33.3 Å². The van der Waals surface area contributed by atoms with E-state index >= 15 is 0 Å². The van der Waals surface area contributed by atoms with E-state index in [9.17, 15) is 4.79 Å². The molecular weight excluding hydrogens is 316 g/mol. The second kappa shape index (κ2) is 5.19. The Labute approximate surface area is 120 Å². The number of hydrogen-bond donors (Lipinski definition) is 2. The zero-order valence-corrected chi connectivity index (χ0v) is 12.5. The molecular formula is C13H16BrClN2O. The predicted octanol–water partition coefficient (Wildman–Crippen LogP) is 2.96. The van der Waals surface area contributed by atoms with Crippen molar-refractivity contribution in [1.29, 1.82) is 0 Å². The Hall–Kier alpha value is -0.580. The van der Waals surface area contributed by atoms with Crippen molar-refractivity contribution in [2.45, 2.75) is 25.3 Å². The molecule has 1 aliphatic carbocycles. The highest BCUT2D eigenvalue weighted by atomic mass is 79.9. The second-order valence-electron chi connectivity index (χ2n) is 4.98. The molecule has 1 saturated carbocycles. The Morgan fingerprint density at radius 2 is 2.28 bits per heavy atom. The summed E-state index contributed by atoms with van der Waals surface area (Å²) in [6, 6.07) is 5.14. The van der Waals surface area contributed by atoms with Crippen molar-refractivity contribution in [1.82, 2.24) is 5.32 Å². The summed E-state index contributed by atoms with van der Waals surface area (Å²) in [4.78, 5) is 12.2. The maximum Gasteiger partial charge on any atom is 0.251 e. The molecule has 1 fully saturated rings. The molecule has 0 saturated heterocycles. The van der Waals surface area contributed by atoms with Gasteiger partial charge in [0.05, 0.1) is 10.6 Å². The minimum absolute atomic E-state index is 0.104. The number of nitrogens with two attached hydrogens (primary N) is 1. The number of amides is 1. The van der Waals surface area contributed by atoms with Crippen LogP contribution in [0.5, 0.6) is 0 Å². The SMILES string of the molecule is CC(CN)(NC(=O)c1ccc(Cl)c(Br)c1)C1CC1. The Balaban J connectivity index is 2.13. The van der Waals surface area contributed by atoms with Gasteiger partial charge in [0.25, 0.3) is 5.91 Å². The molecule has 0 bridgehead atoms. The third-order valence-corrected chi connectivity index (χ3v) is 4.70. The number of carbonyl (C=O) groups excluding carboxylic acids is 1. The van der Waals surface area contributed by atoms with Gasteiger partial charge in [-0.25, -0.2) is 0 Å². The molecule has 0 aromatic heterocycles. The number of carbonyl (C=O) groups is 1. The monoisotopic (exact) mass is 330 g/mol. The normalized spacial score (nSPS) is 18.2. The summed E-state index contributed by atoms with van der Waals surface area (Å²) in [5, 5.41) is 3.63. The summed E-state index contributed by atoms with van der Waals surface area (Å²) in [6.45, 7) is 2.46. The zero-order chi connectivity index (χ0) is 13.3. The first-order valence-corrected chi connectivity index (χ1v) is 7.11. The maximum absolute atomic E-state index is 12.2. The molecule has 3 nitrogen and oxygen atoms in total. The van der Waals surface area contributed by atoms with E-state index in [4.69, 9.17) is 17.3 Å². The molecule has 3 N–H and O–H groups in total. The Morgan fingerprint density at radius 1 is 1.61 bits per heavy atom. The van der Waals surface area contributed by atoms with Crippen molar-refractivity contribution in [3.8, 4) is 0 Å². The van der Waals surface area contributed by atoms with Gasteiger partial charge >= 0.3 is 0 Å². The molecule has 0 heterocycles. The standard InChI is InChI=1S/C13H16BrClN2O/c1-13(7-16,9-3-4-9)17-12(18)8-2-5-11(15)10(14)6-8/h2,5-6,9H,3-4,7,16H2,1H3,(H,17,18). The van der Waals surface area contributed by atoms with Gasteiger partial charge in [0.15, 0.2) is 0 Å². The van der Waals surface area contributed by atoms with Gasteiger partial charge in [0, 0.05) is 16.6 Å². The van der Waals surface area contributed by atoms with E-state index in [1.165, 1.54) is 0 Å². The Morgan fingerprint density at radius 3 is 2.78 bits per heavy atom. The van der Waals surface area contributed by atoms with Gasteiger partial charge < -0.3 is 11.1 Å². The molecule has 1 unspecified atom stereocenters. The lowest BCUT2D eigenvalue weighted by atomic mass is 9.95. The van der Waals surface area contributed by atoms with E-state index in [0.29, 0.717) is 23.0 Å². The summed E-state index contributed by atoms with van der Waals surface area (Å²) in [7, 11) is 0. The largest absolute Gasteiger partial charge is 0.345 e. The molecule has 1 aliphatic rings. The number of rotatable bonds is 4. The highest BCUT2D eigenvalue weighted by Crippen LogP contribution is 2.39. The van der Waals surface area contributed by atoms with Crippen LogP contribution in [0, 0.1) is 5.92 Å². The van der Waals surface area contributed by atoms with Gasteiger partial charge in [-0.2, -0.15) is 0 Å². The lowest BCUT2D eigenvalue weighted by molar-refractivity contribution is 0.0898. The van der Waals surface area contributed by atoms with Gasteiger partial charge in [-0.15, -0.1) is 0 Å². The van der Waals surface area contributed by atoms with Crippen LogP contribution in [0.15, 0.2) is 22.7 Å². The molecule has 1 aromatic carbocycles. The third-order valence-electron chi connectivity index (χ3n) is 3.48. The average Bonchev–Trinajstić information content (AvgIpc) is 3.16. The van der Waals surface area contributed by atoms with Crippen molar-refractivity contribution < 1.29 is 4.79 Å². The third kappa shape index (κ3) is 2.87. The fraction of sp³-hybridized carbons (Fsp3) is 0.462. The topological polar surface area (TPSA) is 55.1 Å². The maximum atomic E-state index is 12.2. The van der Waals surface area contributed by atoms with Gasteiger partial charge in [-0.05, 0) is 59.8 Å². The van der Waals surface area contributed by atoms with Crippen LogP contribution < -0.4 is 11.1 Å². The number of halogens is 2. The highest BCUT2D eigenvalue weighted by Gasteiger charge is 2.41. The van der Waals surface area contributed by atoms with E-state index < -0.39 is 0 Å². The summed E-state index contributed by atoms with van der Waals surface area (Å²) >= 11 is 9.22. The minimum Gasteiger partial charge on any atom is -0.345 e. The number of nitrogens with one attached hydrogen (secondary N) is 1. The van der Waals surface area contributed by atoms with Crippen molar-refractivity contribution in [2.24, 2.45) is 11.7 Å². The van der Waals surface area contributed by atoms with E-state index in [2.05, 4.69) is 21.2 Å². The molecule has 98 valence electrons. The van der Waals surface area contributed by atoms with E-state index in [-0.39, 0.29) is 11.4 Å². The second-order valence-corrected chi connectivity index (χ2v) is 6.24. The molecule has 0 spiro atoms. The first-order valence-electron chi connectivity index (χ1n) is 5.94. The molecule has 1 atom stereocenters. The first kappa shape index (κ1) is 13.8. The smallest absolute Gasteiger partial charge is 0.251 e. The fourth-order valence-electron chi connectivity index (χ4n) is 2.01. The first-order chi connectivity index (χ1) is 8.46. The molecule has 1 aromatic rings. The number of hydrogen-bond acceptors (Lipinski definition) is 2. The molecule has 0 aliphatic heterocycles. The van der Waals surface area contributed by atoms with Crippen molar-refractivity contribution >= 4 is 33.4 Å². The molecule has 0 radical (unpaired) electrons. The molecule has 18 heavy (non-hydrogen) atoms. The summed E-state index contributed by atoms with van der Waals surface area (Å²) in [5.41, 5.74) is 6.07. The van der Waals surface area contributed by atoms with Gasteiger partial charge in [0.1, 0.15) is 0 Å². The quantitative estimate of drug-likeness (QED) is 0.891. The van der Waals surface area contributed by atoms with Crippen molar-refractivity contribution in [2.75, 3.05) is 6.54 Å². The van der Waals surface area contributed by atoms with Gasteiger partial charge in [0.2, 0.25) is 0 Å². The summed E-state index contributed by atoms with van der Waals surface area (Å²) in [5.74, 6) is 0.398. The van der Waals surface area contributed by atoms with Crippen LogP contribution >= 0.6 is 27.5 Å². The van der Waals surface area contributed by atoms with Crippen LogP contribution in [0.3, 0.4) is 0 Å². The van der Waals surface area contributed by atoms with Crippen LogP contribution in [-0.2, 0) is 0 Å². The lowest BCUT2D eigenvalue weighted by Crippen LogP contribution is -2.53. The Bertz CT molecular complexity index is 476. The summed E-state index contributed by atoms with van der Waals surface area (Å²) in [6.07, 6.45) is 2.27. The zero-order valence-electron chi connectivity index (χ0n) is 10.2. The molecule has 2 rings (SSSR count). The van der Waals surface area contributed by atoms with Gasteiger partial charge in [-0.3, -0.25) is 4.79 Å². The lowest BCUT2D eigenvalue weighted by Gasteiger charge is -2.29. The fourth-order valence-corrected chi connectivity index (χ4v) is 2.51. The van der Waals surface area contributed by atoms with Crippen LogP contribution in [0.2, 0.25) is 5.02 Å². The predicted molar refractivity (Wildman–Crippen MR) is 76.8 cm³/mol. The average molecular weight is 332 g/mol. The van der Waals surface area contributed by atoms with Crippen molar-refractivity contribution in [3.63, 3.8) is 0 Å². The highest BCUT2D eigenvalue weighted by molar-refractivity contribution is 9.10. The minimum atomic E-state index is -0.302. The molecule has 1 amide bonds.